The van der Waals surface area contributed by atoms with Crippen molar-refractivity contribution < 1.29 is 9.90 Å². The molecule has 2 heterocycles. The zero-order chi connectivity index (χ0) is 15.2. The van der Waals surface area contributed by atoms with Crippen LogP contribution in [-0.4, -0.2) is 37.8 Å². The zero-order valence-electron chi connectivity index (χ0n) is 12.3. The van der Waals surface area contributed by atoms with Gasteiger partial charge in [0.25, 0.3) is 0 Å². The van der Waals surface area contributed by atoms with Gasteiger partial charge in [0.15, 0.2) is 0 Å². The molecule has 21 heavy (non-hydrogen) atoms. The van der Waals surface area contributed by atoms with Gasteiger partial charge in [-0.05, 0) is 26.1 Å². The maximum absolute atomic E-state index is 10.5. The molecule has 0 saturated carbocycles. The van der Waals surface area contributed by atoms with Gasteiger partial charge in [0, 0.05) is 30.5 Å². The fourth-order valence-corrected chi connectivity index (χ4v) is 2.09. The van der Waals surface area contributed by atoms with Crippen molar-refractivity contribution in [1.82, 2.24) is 19.7 Å². The third-order valence-electron chi connectivity index (χ3n) is 3.45. The van der Waals surface area contributed by atoms with E-state index in [0.717, 1.165) is 17.8 Å². The Bertz CT molecular complexity index is 582. The Balaban J connectivity index is 1.93. The second-order valence-electron chi connectivity index (χ2n) is 5.10. The van der Waals surface area contributed by atoms with E-state index in [-0.39, 0.29) is 12.5 Å². The van der Waals surface area contributed by atoms with Gasteiger partial charge in [-0.15, -0.1) is 0 Å². The number of nitrogens with zero attached hydrogens (tertiary/aromatic N) is 4. The van der Waals surface area contributed by atoms with Crippen LogP contribution in [0.25, 0.3) is 0 Å². The Hall–Kier alpha value is -2.21. The molecule has 0 aliphatic heterocycles. The predicted octanol–water partition coefficient (Wildman–Crippen LogP) is 1.95. The molecule has 0 bridgehead atoms. The first-order valence-corrected chi connectivity index (χ1v) is 6.90. The first-order chi connectivity index (χ1) is 10.1. The van der Waals surface area contributed by atoms with Crippen molar-refractivity contribution >= 4 is 5.97 Å². The average molecular weight is 288 g/mol. The lowest BCUT2D eigenvalue weighted by Gasteiger charge is -2.23. The summed E-state index contributed by atoms with van der Waals surface area (Å²) in [6, 6.07) is 6.10. The van der Waals surface area contributed by atoms with Gasteiger partial charge in [0.1, 0.15) is 0 Å². The van der Waals surface area contributed by atoms with Gasteiger partial charge >= 0.3 is 5.97 Å². The molecule has 0 aliphatic rings. The van der Waals surface area contributed by atoms with Gasteiger partial charge in [-0.2, -0.15) is 5.10 Å². The van der Waals surface area contributed by atoms with Crippen LogP contribution >= 0.6 is 0 Å². The molecule has 0 fully saturated rings. The summed E-state index contributed by atoms with van der Waals surface area (Å²) in [4.78, 5) is 17.1. The molecule has 1 atom stereocenters. The molecule has 0 aromatic carbocycles. The number of aromatic nitrogens is 3. The van der Waals surface area contributed by atoms with Crippen molar-refractivity contribution in [2.24, 2.45) is 0 Å². The van der Waals surface area contributed by atoms with Crippen molar-refractivity contribution in [2.45, 2.75) is 32.5 Å². The predicted molar refractivity (Wildman–Crippen MR) is 78.6 cm³/mol. The van der Waals surface area contributed by atoms with E-state index in [4.69, 9.17) is 5.11 Å². The number of carboxylic acids is 1. The first-order valence-electron chi connectivity index (χ1n) is 6.90. The van der Waals surface area contributed by atoms with Crippen molar-refractivity contribution in [2.75, 3.05) is 7.05 Å². The maximum Gasteiger partial charge on any atom is 0.305 e. The number of pyridine rings is 1. The summed E-state index contributed by atoms with van der Waals surface area (Å²) in [5.41, 5.74) is 2.09. The van der Waals surface area contributed by atoms with E-state index in [1.54, 1.807) is 17.1 Å². The third-order valence-corrected chi connectivity index (χ3v) is 3.45. The Kier molecular flexibility index (Phi) is 5.05. The molecular formula is C15H20N4O2. The largest absolute Gasteiger partial charge is 0.481 e. The normalized spacial score (nSPS) is 12.5. The summed E-state index contributed by atoms with van der Waals surface area (Å²) in [5, 5.41) is 12.9. The fraction of sp³-hybridized carbons (Fsp3) is 0.400. The highest BCUT2D eigenvalue weighted by Gasteiger charge is 2.13. The quantitative estimate of drug-likeness (QED) is 0.843. The molecule has 1 unspecified atom stereocenters. The Labute approximate surface area is 124 Å². The second-order valence-corrected chi connectivity index (χ2v) is 5.10. The molecule has 112 valence electrons. The van der Waals surface area contributed by atoms with Gasteiger partial charge < -0.3 is 5.11 Å². The van der Waals surface area contributed by atoms with Crippen LogP contribution in [-0.2, 0) is 17.9 Å². The summed E-state index contributed by atoms with van der Waals surface area (Å²) < 4.78 is 1.67. The Morgan fingerprint density at radius 2 is 2.29 bits per heavy atom. The van der Waals surface area contributed by atoms with Crippen molar-refractivity contribution in [3.8, 4) is 0 Å². The number of aryl methyl sites for hydroxylation is 1. The van der Waals surface area contributed by atoms with Gasteiger partial charge in [0.05, 0.1) is 24.9 Å². The van der Waals surface area contributed by atoms with Crippen LogP contribution in [0.2, 0.25) is 0 Å². The molecule has 6 heteroatoms. The summed E-state index contributed by atoms with van der Waals surface area (Å²) in [6.45, 7) is 3.25. The lowest BCUT2D eigenvalue weighted by atomic mass is 10.2. The minimum atomic E-state index is -0.812. The summed E-state index contributed by atoms with van der Waals surface area (Å²) >= 11 is 0. The number of rotatable bonds is 7. The molecule has 2 rings (SSSR count). The molecule has 0 saturated heterocycles. The van der Waals surface area contributed by atoms with E-state index in [1.807, 2.05) is 31.4 Å². The van der Waals surface area contributed by atoms with Crippen molar-refractivity contribution in [3.05, 3.63) is 48.0 Å². The van der Waals surface area contributed by atoms with E-state index in [1.165, 1.54) is 0 Å². The molecular weight excluding hydrogens is 268 g/mol. The monoisotopic (exact) mass is 288 g/mol. The zero-order valence-corrected chi connectivity index (χ0v) is 12.3. The van der Waals surface area contributed by atoms with Crippen LogP contribution in [0.15, 0.2) is 36.8 Å². The SMILES string of the molecule is CC(c1ccccn1)N(C)Cc1cnn(CCC(=O)O)c1. The Morgan fingerprint density at radius 3 is 2.95 bits per heavy atom. The molecule has 2 aromatic heterocycles. The van der Waals surface area contributed by atoms with Crippen LogP contribution in [0.3, 0.4) is 0 Å². The van der Waals surface area contributed by atoms with E-state index in [9.17, 15) is 4.79 Å². The lowest BCUT2D eigenvalue weighted by molar-refractivity contribution is -0.137. The minimum Gasteiger partial charge on any atom is -0.481 e. The smallest absolute Gasteiger partial charge is 0.305 e. The maximum atomic E-state index is 10.5. The topological polar surface area (TPSA) is 71.2 Å². The van der Waals surface area contributed by atoms with Crippen molar-refractivity contribution in [1.29, 1.82) is 0 Å². The van der Waals surface area contributed by atoms with E-state index < -0.39 is 5.97 Å². The molecule has 0 spiro atoms. The first kappa shape index (κ1) is 15.2. The molecule has 2 aromatic rings. The fourth-order valence-electron chi connectivity index (χ4n) is 2.09. The van der Waals surface area contributed by atoms with Gasteiger partial charge in [0.2, 0.25) is 0 Å². The highest BCUT2D eigenvalue weighted by Crippen LogP contribution is 2.18. The van der Waals surface area contributed by atoms with Crippen LogP contribution in [0, 0.1) is 0 Å². The summed E-state index contributed by atoms with van der Waals surface area (Å²) in [5.74, 6) is -0.812. The third kappa shape index (κ3) is 4.39. The number of aliphatic carboxylic acids is 1. The molecule has 0 amide bonds. The van der Waals surface area contributed by atoms with Crippen LogP contribution < -0.4 is 0 Å². The highest BCUT2D eigenvalue weighted by molar-refractivity contribution is 5.66. The molecule has 0 radical (unpaired) electrons. The number of carbonyl (C=O) groups is 1. The van der Waals surface area contributed by atoms with Gasteiger partial charge in [-0.25, -0.2) is 0 Å². The number of hydrogen-bond donors (Lipinski definition) is 1. The molecule has 0 aliphatic carbocycles. The number of carboxylic acid groups (broad SMARTS) is 1. The minimum absolute atomic E-state index is 0.0846. The van der Waals surface area contributed by atoms with Crippen LogP contribution in [0.1, 0.15) is 30.6 Å². The lowest BCUT2D eigenvalue weighted by Crippen LogP contribution is -2.22. The van der Waals surface area contributed by atoms with Gasteiger partial charge in [-0.3, -0.25) is 19.4 Å². The van der Waals surface area contributed by atoms with Crippen LogP contribution in [0.4, 0.5) is 0 Å². The highest BCUT2D eigenvalue weighted by atomic mass is 16.4. The average Bonchev–Trinajstić information content (AvgIpc) is 2.92. The summed E-state index contributed by atoms with van der Waals surface area (Å²) in [6.07, 6.45) is 5.55. The summed E-state index contributed by atoms with van der Waals surface area (Å²) in [7, 11) is 2.04. The van der Waals surface area contributed by atoms with Crippen LogP contribution in [0.5, 0.6) is 0 Å². The second kappa shape index (κ2) is 6.99. The van der Waals surface area contributed by atoms with E-state index in [2.05, 4.69) is 21.9 Å². The van der Waals surface area contributed by atoms with E-state index >= 15 is 0 Å². The standard InChI is InChI=1S/C15H20N4O2/c1-12(14-5-3-4-7-16-14)18(2)10-13-9-17-19(11-13)8-6-15(20)21/h3-5,7,9,11-12H,6,8,10H2,1-2H3,(H,20,21). The number of hydrogen-bond acceptors (Lipinski definition) is 4. The van der Waals surface area contributed by atoms with Crippen molar-refractivity contribution in [3.63, 3.8) is 0 Å². The molecule has 1 N–H and O–H groups in total. The van der Waals surface area contributed by atoms with E-state index in [0.29, 0.717) is 6.54 Å². The van der Waals surface area contributed by atoms with Gasteiger partial charge in [-0.1, -0.05) is 6.07 Å². The Morgan fingerprint density at radius 1 is 1.48 bits per heavy atom. The molecule has 6 nitrogen and oxygen atoms in total.